The van der Waals surface area contributed by atoms with E-state index in [9.17, 15) is 14.7 Å². The number of fused-ring (bicyclic) bond motifs is 2. The fraction of sp³-hybridized carbons (Fsp3) is 0.238. The maximum Gasteiger partial charge on any atom is 0.268 e. The number of primary amides is 1. The summed E-state index contributed by atoms with van der Waals surface area (Å²) in [6, 6.07) is 12.0. The second-order valence-electron chi connectivity index (χ2n) is 7.12. The number of hydrogen-bond acceptors (Lipinski definition) is 4. The van der Waals surface area contributed by atoms with Gasteiger partial charge < -0.3 is 25.9 Å². The van der Waals surface area contributed by atoms with E-state index < -0.39 is 18.1 Å². The van der Waals surface area contributed by atoms with Gasteiger partial charge in [-0.1, -0.05) is 23.7 Å². The standard InChI is InChI=1S/C21H20ClN3O4/c22-13-4-5-15-12(6-13)7-17(24-15)21(28)25-16-9-14-11(8-18(16)26)2-1-3-19(14)29-10-20(23)27/h1-7,16,18,24,26H,8-10H2,(H2,23,27)(H,25,28)/t16?,18-/m1/s1. The van der Waals surface area contributed by atoms with Crippen LogP contribution in [-0.2, 0) is 17.6 Å². The SMILES string of the molecule is NC(=O)COc1cccc2c1CC(NC(=O)c1cc3cc(Cl)ccc3[nH]1)[C@H](O)C2. The predicted octanol–water partition coefficient (Wildman–Crippen LogP) is 1.94. The first-order chi connectivity index (χ1) is 13.9. The quantitative estimate of drug-likeness (QED) is 0.511. The number of nitrogens with two attached hydrogens (primary N) is 1. The molecule has 0 spiro atoms. The Hall–Kier alpha value is -3.03. The van der Waals surface area contributed by atoms with Crippen LogP contribution in [0.5, 0.6) is 5.75 Å². The fourth-order valence-electron chi connectivity index (χ4n) is 3.66. The lowest BCUT2D eigenvalue weighted by molar-refractivity contribution is -0.119. The number of halogens is 1. The highest BCUT2D eigenvalue weighted by Crippen LogP contribution is 2.30. The first kappa shape index (κ1) is 19.3. The molecular weight excluding hydrogens is 394 g/mol. The summed E-state index contributed by atoms with van der Waals surface area (Å²) in [5, 5.41) is 14.9. The first-order valence-electron chi connectivity index (χ1n) is 9.20. The number of aromatic nitrogens is 1. The highest BCUT2D eigenvalue weighted by Gasteiger charge is 2.30. The Labute approximate surface area is 171 Å². The zero-order valence-corrected chi connectivity index (χ0v) is 16.2. The van der Waals surface area contributed by atoms with Crippen LogP contribution >= 0.6 is 11.6 Å². The minimum absolute atomic E-state index is 0.229. The molecule has 0 aliphatic heterocycles. The molecule has 150 valence electrons. The number of benzene rings is 2. The normalized spacial score (nSPS) is 18.3. The summed E-state index contributed by atoms with van der Waals surface area (Å²) in [6.07, 6.45) is 0.0104. The van der Waals surface area contributed by atoms with Crippen molar-refractivity contribution < 1.29 is 19.4 Å². The van der Waals surface area contributed by atoms with Gasteiger partial charge in [-0.05, 0) is 47.9 Å². The molecule has 0 fully saturated rings. The monoisotopic (exact) mass is 413 g/mol. The number of H-pyrrole nitrogens is 1. The van der Waals surface area contributed by atoms with Crippen molar-refractivity contribution in [3.05, 3.63) is 64.3 Å². The average Bonchev–Trinajstić information content (AvgIpc) is 3.10. The van der Waals surface area contributed by atoms with E-state index in [0.717, 1.165) is 22.0 Å². The average molecular weight is 414 g/mol. The number of hydrogen-bond donors (Lipinski definition) is 4. The van der Waals surface area contributed by atoms with E-state index in [2.05, 4.69) is 10.3 Å². The molecule has 7 nitrogen and oxygen atoms in total. The minimum Gasteiger partial charge on any atom is -0.483 e. The van der Waals surface area contributed by atoms with Crippen molar-refractivity contribution in [3.63, 3.8) is 0 Å². The van der Waals surface area contributed by atoms with E-state index in [1.165, 1.54) is 0 Å². The van der Waals surface area contributed by atoms with Crippen molar-refractivity contribution >= 4 is 34.3 Å². The Morgan fingerprint density at radius 3 is 2.86 bits per heavy atom. The minimum atomic E-state index is -0.739. The molecule has 1 aliphatic rings. The maximum atomic E-state index is 12.7. The molecule has 5 N–H and O–H groups in total. The lowest BCUT2D eigenvalue weighted by Crippen LogP contribution is -2.48. The summed E-state index contributed by atoms with van der Waals surface area (Å²) in [5.74, 6) is -0.352. The number of ether oxygens (including phenoxy) is 1. The summed E-state index contributed by atoms with van der Waals surface area (Å²) >= 11 is 6.00. The van der Waals surface area contributed by atoms with Gasteiger partial charge in [0, 0.05) is 22.3 Å². The van der Waals surface area contributed by atoms with Gasteiger partial charge in [0.25, 0.3) is 11.8 Å². The van der Waals surface area contributed by atoms with Crippen molar-refractivity contribution in [2.75, 3.05) is 6.61 Å². The zero-order chi connectivity index (χ0) is 20.5. The molecule has 1 unspecified atom stereocenters. The second-order valence-corrected chi connectivity index (χ2v) is 7.56. The van der Waals surface area contributed by atoms with Gasteiger partial charge in [0.05, 0.1) is 12.1 Å². The molecule has 2 atom stereocenters. The number of nitrogens with one attached hydrogen (secondary N) is 2. The Morgan fingerprint density at radius 2 is 2.07 bits per heavy atom. The van der Waals surface area contributed by atoms with Crippen molar-refractivity contribution in [1.82, 2.24) is 10.3 Å². The smallest absolute Gasteiger partial charge is 0.268 e. The van der Waals surface area contributed by atoms with E-state index in [1.54, 1.807) is 30.3 Å². The molecule has 1 aliphatic carbocycles. The molecule has 1 heterocycles. The van der Waals surface area contributed by atoms with E-state index >= 15 is 0 Å². The molecule has 2 aromatic carbocycles. The van der Waals surface area contributed by atoms with Crippen molar-refractivity contribution in [2.45, 2.75) is 25.0 Å². The molecule has 3 aromatic rings. The topological polar surface area (TPSA) is 117 Å². The van der Waals surface area contributed by atoms with Gasteiger partial charge in [-0.2, -0.15) is 0 Å². The molecule has 8 heteroatoms. The van der Waals surface area contributed by atoms with Crippen molar-refractivity contribution in [2.24, 2.45) is 5.73 Å². The Bertz CT molecular complexity index is 1090. The molecule has 29 heavy (non-hydrogen) atoms. The Balaban J connectivity index is 1.53. The van der Waals surface area contributed by atoms with E-state index in [4.69, 9.17) is 22.1 Å². The van der Waals surface area contributed by atoms with Gasteiger partial charge in [-0.3, -0.25) is 9.59 Å². The van der Waals surface area contributed by atoms with Crippen molar-refractivity contribution in [1.29, 1.82) is 0 Å². The molecule has 0 bridgehead atoms. The number of carbonyl (C=O) groups excluding carboxylic acids is 2. The lowest BCUT2D eigenvalue weighted by atomic mass is 9.85. The van der Waals surface area contributed by atoms with Crippen LogP contribution in [0.1, 0.15) is 21.6 Å². The van der Waals surface area contributed by atoms with E-state index in [1.807, 2.05) is 12.1 Å². The molecule has 1 aromatic heterocycles. The summed E-state index contributed by atoms with van der Waals surface area (Å²) in [6.45, 7) is -0.229. The van der Waals surface area contributed by atoms with E-state index in [0.29, 0.717) is 29.3 Å². The van der Waals surface area contributed by atoms with Gasteiger partial charge in [-0.15, -0.1) is 0 Å². The number of aliphatic hydroxyl groups is 1. The number of rotatable bonds is 5. The molecule has 2 amide bonds. The molecule has 4 rings (SSSR count). The summed E-state index contributed by atoms with van der Waals surface area (Å²) < 4.78 is 5.50. The molecule has 0 saturated heterocycles. The van der Waals surface area contributed by atoms with Gasteiger partial charge in [0.2, 0.25) is 0 Å². The van der Waals surface area contributed by atoms with Crippen LogP contribution in [0.15, 0.2) is 42.5 Å². The third-order valence-electron chi connectivity index (χ3n) is 5.06. The zero-order valence-electron chi connectivity index (χ0n) is 15.4. The number of carbonyl (C=O) groups is 2. The van der Waals surface area contributed by atoms with Crippen LogP contribution in [0, 0.1) is 0 Å². The number of amides is 2. The Kier molecular flexibility index (Phi) is 5.17. The van der Waals surface area contributed by atoms with Crippen LogP contribution in [0.4, 0.5) is 0 Å². The van der Waals surface area contributed by atoms with Crippen LogP contribution in [0.2, 0.25) is 5.02 Å². The van der Waals surface area contributed by atoms with E-state index in [-0.39, 0.29) is 12.5 Å². The predicted molar refractivity (Wildman–Crippen MR) is 109 cm³/mol. The number of aromatic amines is 1. The van der Waals surface area contributed by atoms with Crippen LogP contribution in [0.3, 0.4) is 0 Å². The summed E-state index contributed by atoms with van der Waals surface area (Å²) in [7, 11) is 0. The first-order valence-corrected chi connectivity index (χ1v) is 9.57. The molecular formula is C21H20ClN3O4. The molecule has 0 radical (unpaired) electrons. The van der Waals surface area contributed by atoms with Crippen LogP contribution in [0.25, 0.3) is 10.9 Å². The van der Waals surface area contributed by atoms with Gasteiger partial charge in [0.1, 0.15) is 11.4 Å². The van der Waals surface area contributed by atoms with Gasteiger partial charge >= 0.3 is 0 Å². The van der Waals surface area contributed by atoms with Crippen LogP contribution in [-0.4, -0.2) is 40.7 Å². The van der Waals surface area contributed by atoms with Gasteiger partial charge in [0.15, 0.2) is 6.61 Å². The van der Waals surface area contributed by atoms with Crippen molar-refractivity contribution in [3.8, 4) is 5.75 Å². The maximum absolute atomic E-state index is 12.7. The highest BCUT2D eigenvalue weighted by atomic mass is 35.5. The number of aliphatic hydroxyl groups excluding tert-OH is 1. The lowest BCUT2D eigenvalue weighted by Gasteiger charge is -2.31. The Morgan fingerprint density at radius 1 is 1.24 bits per heavy atom. The summed E-state index contributed by atoms with van der Waals surface area (Å²) in [4.78, 5) is 26.9. The van der Waals surface area contributed by atoms with Gasteiger partial charge in [-0.25, -0.2) is 0 Å². The highest BCUT2D eigenvalue weighted by molar-refractivity contribution is 6.31. The van der Waals surface area contributed by atoms with Crippen LogP contribution < -0.4 is 15.8 Å². The largest absolute Gasteiger partial charge is 0.483 e. The third kappa shape index (κ3) is 4.06. The molecule has 0 saturated carbocycles. The summed E-state index contributed by atoms with van der Waals surface area (Å²) in [5.41, 5.74) is 8.13. The third-order valence-corrected chi connectivity index (χ3v) is 5.30. The second kappa shape index (κ2) is 7.77. The fourth-order valence-corrected chi connectivity index (χ4v) is 3.84.